The average Bonchev–Trinajstić information content (AvgIpc) is 2.88. The summed E-state index contributed by atoms with van der Waals surface area (Å²) in [4.78, 5) is 2.25. The molecule has 0 amide bonds. The van der Waals surface area contributed by atoms with Crippen LogP contribution in [0.4, 0.5) is 0 Å². The maximum Gasteiger partial charge on any atom is 0.230 e. The van der Waals surface area contributed by atoms with E-state index in [9.17, 15) is 0 Å². The average molecular weight is 225 g/mol. The van der Waals surface area contributed by atoms with Gasteiger partial charge in [-0.1, -0.05) is 12.8 Å². The first-order valence-electron chi connectivity index (χ1n) is 5.93. The minimum atomic E-state index is 0.184. The van der Waals surface area contributed by atoms with Gasteiger partial charge in [0.25, 0.3) is 0 Å². The monoisotopic (exact) mass is 225 g/mol. The third-order valence-corrected chi connectivity index (χ3v) is 3.13. The quantitative estimate of drug-likeness (QED) is 0.813. The van der Waals surface area contributed by atoms with Crippen molar-refractivity contribution in [3.63, 3.8) is 0 Å². The molecular weight excluding hydrogens is 206 g/mol. The second kappa shape index (κ2) is 5.41. The molecule has 0 radical (unpaired) electrons. The SMILES string of the molecule is Cc1nnc(CN(CCO)C2CCCC2)o1. The van der Waals surface area contributed by atoms with Crippen molar-refractivity contribution < 1.29 is 9.52 Å². The first kappa shape index (κ1) is 11.5. The zero-order chi connectivity index (χ0) is 11.4. The van der Waals surface area contributed by atoms with Crippen LogP contribution in [0.2, 0.25) is 0 Å². The summed E-state index contributed by atoms with van der Waals surface area (Å²) in [6.45, 7) is 3.32. The van der Waals surface area contributed by atoms with Crippen LogP contribution in [0.3, 0.4) is 0 Å². The van der Waals surface area contributed by atoms with Crippen molar-refractivity contribution in [2.45, 2.75) is 45.2 Å². The highest BCUT2D eigenvalue weighted by molar-refractivity contribution is 4.84. The fourth-order valence-electron chi connectivity index (χ4n) is 2.36. The van der Waals surface area contributed by atoms with Crippen molar-refractivity contribution in [3.8, 4) is 0 Å². The lowest BCUT2D eigenvalue weighted by molar-refractivity contribution is 0.133. The lowest BCUT2D eigenvalue weighted by atomic mass is 10.2. The fraction of sp³-hybridized carbons (Fsp3) is 0.818. The molecule has 1 aliphatic carbocycles. The van der Waals surface area contributed by atoms with Crippen LogP contribution < -0.4 is 0 Å². The van der Waals surface area contributed by atoms with E-state index in [0.717, 1.165) is 0 Å². The van der Waals surface area contributed by atoms with Gasteiger partial charge in [-0.3, -0.25) is 4.90 Å². The summed E-state index contributed by atoms with van der Waals surface area (Å²) in [5.74, 6) is 1.25. The number of rotatable bonds is 5. The molecule has 0 spiro atoms. The fourth-order valence-corrected chi connectivity index (χ4v) is 2.36. The van der Waals surface area contributed by atoms with E-state index in [0.29, 0.717) is 30.9 Å². The summed E-state index contributed by atoms with van der Waals surface area (Å²) in [5, 5.41) is 16.9. The Morgan fingerprint density at radius 2 is 2.12 bits per heavy atom. The molecule has 1 saturated carbocycles. The van der Waals surface area contributed by atoms with Crippen LogP contribution in [-0.4, -0.2) is 39.4 Å². The third kappa shape index (κ3) is 2.80. The second-order valence-corrected chi connectivity index (χ2v) is 4.35. The van der Waals surface area contributed by atoms with Crippen molar-refractivity contribution in [2.75, 3.05) is 13.2 Å². The predicted molar refractivity (Wildman–Crippen MR) is 58.8 cm³/mol. The molecular formula is C11H19N3O2. The van der Waals surface area contributed by atoms with E-state index in [-0.39, 0.29) is 6.61 Å². The van der Waals surface area contributed by atoms with Crippen molar-refractivity contribution in [1.82, 2.24) is 15.1 Å². The Balaban J connectivity index is 1.96. The molecule has 1 aromatic heterocycles. The number of hydrogen-bond acceptors (Lipinski definition) is 5. The normalized spacial score (nSPS) is 17.4. The van der Waals surface area contributed by atoms with Gasteiger partial charge in [0.15, 0.2) is 0 Å². The molecule has 16 heavy (non-hydrogen) atoms. The zero-order valence-electron chi connectivity index (χ0n) is 9.72. The number of aliphatic hydroxyl groups is 1. The Labute approximate surface area is 95.5 Å². The maximum atomic E-state index is 9.07. The predicted octanol–water partition coefficient (Wildman–Crippen LogP) is 1.11. The number of aryl methyl sites for hydroxylation is 1. The first-order chi connectivity index (χ1) is 7.79. The van der Waals surface area contributed by atoms with Crippen LogP contribution in [0, 0.1) is 6.92 Å². The van der Waals surface area contributed by atoms with Crippen molar-refractivity contribution in [2.24, 2.45) is 0 Å². The van der Waals surface area contributed by atoms with Gasteiger partial charge in [-0.05, 0) is 12.8 Å². The molecule has 5 nitrogen and oxygen atoms in total. The van der Waals surface area contributed by atoms with Crippen molar-refractivity contribution in [3.05, 3.63) is 11.8 Å². The van der Waals surface area contributed by atoms with Crippen molar-refractivity contribution in [1.29, 1.82) is 0 Å². The summed E-state index contributed by atoms with van der Waals surface area (Å²) < 4.78 is 5.37. The van der Waals surface area contributed by atoms with Crippen LogP contribution in [0.15, 0.2) is 4.42 Å². The number of aliphatic hydroxyl groups excluding tert-OH is 1. The molecule has 2 rings (SSSR count). The molecule has 0 atom stereocenters. The van der Waals surface area contributed by atoms with Crippen LogP contribution in [-0.2, 0) is 6.54 Å². The Morgan fingerprint density at radius 3 is 2.69 bits per heavy atom. The second-order valence-electron chi connectivity index (χ2n) is 4.35. The Hall–Kier alpha value is -0.940. The summed E-state index contributed by atoms with van der Waals surface area (Å²) in [7, 11) is 0. The van der Waals surface area contributed by atoms with Gasteiger partial charge < -0.3 is 9.52 Å². The van der Waals surface area contributed by atoms with E-state index < -0.39 is 0 Å². The van der Waals surface area contributed by atoms with Gasteiger partial charge in [0.05, 0.1) is 13.2 Å². The Kier molecular flexibility index (Phi) is 3.90. The molecule has 1 aromatic rings. The van der Waals surface area contributed by atoms with Crippen LogP contribution in [0.1, 0.15) is 37.5 Å². The molecule has 1 heterocycles. The molecule has 0 saturated heterocycles. The van der Waals surface area contributed by atoms with Gasteiger partial charge in [-0.2, -0.15) is 0 Å². The van der Waals surface area contributed by atoms with Gasteiger partial charge >= 0.3 is 0 Å². The highest BCUT2D eigenvalue weighted by Gasteiger charge is 2.23. The van der Waals surface area contributed by atoms with E-state index >= 15 is 0 Å². The van der Waals surface area contributed by atoms with Crippen molar-refractivity contribution >= 4 is 0 Å². The molecule has 0 unspecified atom stereocenters. The molecule has 5 heteroatoms. The lowest BCUT2D eigenvalue weighted by Gasteiger charge is -2.26. The Bertz CT molecular complexity index is 321. The van der Waals surface area contributed by atoms with Crippen LogP contribution in [0.5, 0.6) is 0 Å². The highest BCUT2D eigenvalue weighted by atomic mass is 16.4. The lowest BCUT2D eigenvalue weighted by Crippen LogP contribution is -2.35. The molecule has 1 fully saturated rings. The van der Waals surface area contributed by atoms with Gasteiger partial charge in [-0.15, -0.1) is 10.2 Å². The summed E-state index contributed by atoms with van der Waals surface area (Å²) in [6, 6.07) is 0.569. The zero-order valence-corrected chi connectivity index (χ0v) is 9.72. The molecule has 0 bridgehead atoms. The van der Waals surface area contributed by atoms with Gasteiger partial charge in [0, 0.05) is 19.5 Å². The van der Waals surface area contributed by atoms with E-state index in [1.54, 1.807) is 6.92 Å². The summed E-state index contributed by atoms with van der Waals surface area (Å²) >= 11 is 0. The van der Waals surface area contributed by atoms with Gasteiger partial charge in [0.2, 0.25) is 11.8 Å². The molecule has 0 aliphatic heterocycles. The van der Waals surface area contributed by atoms with E-state index in [4.69, 9.17) is 9.52 Å². The molecule has 0 aromatic carbocycles. The van der Waals surface area contributed by atoms with E-state index in [1.165, 1.54) is 25.7 Å². The van der Waals surface area contributed by atoms with Crippen LogP contribution in [0.25, 0.3) is 0 Å². The molecule has 1 aliphatic rings. The largest absolute Gasteiger partial charge is 0.424 e. The number of nitrogens with zero attached hydrogens (tertiary/aromatic N) is 3. The van der Waals surface area contributed by atoms with Gasteiger partial charge in [-0.25, -0.2) is 0 Å². The van der Waals surface area contributed by atoms with Gasteiger partial charge in [0.1, 0.15) is 0 Å². The maximum absolute atomic E-state index is 9.07. The minimum Gasteiger partial charge on any atom is -0.424 e. The highest BCUT2D eigenvalue weighted by Crippen LogP contribution is 2.24. The number of aromatic nitrogens is 2. The topological polar surface area (TPSA) is 62.4 Å². The standard InChI is InChI=1S/C11H19N3O2/c1-9-12-13-11(16-9)8-14(6-7-15)10-4-2-3-5-10/h10,15H,2-8H2,1H3. The summed E-state index contributed by atoms with van der Waals surface area (Å²) in [6.07, 6.45) is 5.01. The number of hydrogen-bond donors (Lipinski definition) is 1. The van der Waals surface area contributed by atoms with E-state index in [1.807, 2.05) is 0 Å². The van der Waals surface area contributed by atoms with Crippen LogP contribution >= 0.6 is 0 Å². The third-order valence-electron chi connectivity index (χ3n) is 3.13. The summed E-state index contributed by atoms with van der Waals surface area (Å²) in [5.41, 5.74) is 0. The van der Waals surface area contributed by atoms with E-state index in [2.05, 4.69) is 15.1 Å². The minimum absolute atomic E-state index is 0.184. The first-order valence-corrected chi connectivity index (χ1v) is 5.93. The smallest absolute Gasteiger partial charge is 0.230 e. The molecule has 1 N–H and O–H groups in total. The Morgan fingerprint density at radius 1 is 1.38 bits per heavy atom. The molecule has 90 valence electrons.